The lowest BCUT2D eigenvalue weighted by Crippen LogP contribution is -2.41. The molecule has 1 aromatic heterocycles. The number of thiazole rings is 1. The standard InChI is InChI=1S/C24H34N6O2S/c1-3-26-19-9-5-4-8-18(19)22(25)28-17-10-11-20-21(15-17)33-24(29-20)30-23(32)27-13-12-16(2)7-6-14-31/h3-4,8,10-11,15-16,18,22,28,31H,1,5-7,9,12-14,25H2,2H3,(H2,27,29,30,32). The summed E-state index contributed by atoms with van der Waals surface area (Å²) in [6.45, 7) is 6.62. The van der Waals surface area contributed by atoms with Crippen molar-refractivity contribution in [1.82, 2.24) is 10.3 Å². The number of nitrogens with two attached hydrogens (primary N) is 1. The molecule has 0 radical (unpaired) electrons. The first-order chi connectivity index (χ1) is 16.0. The van der Waals surface area contributed by atoms with Crippen LogP contribution in [-0.2, 0) is 0 Å². The van der Waals surface area contributed by atoms with Gasteiger partial charge in [0, 0.05) is 36.7 Å². The van der Waals surface area contributed by atoms with Crippen LogP contribution in [0.5, 0.6) is 0 Å². The normalized spacial score (nSPS) is 18.8. The summed E-state index contributed by atoms with van der Waals surface area (Å²) in [5.41, 5.74) is 9.19. The highest BCUT2D eigenvalue weighted by Gasteiger charge is 2.23. The molecule has 3 rings (SSSR count). The number of allylic oxidation sites excluding steroid dienone is 1. The van der Waals surface area contributed by atoms with Crippen molar-refractivity contribution in [2.45, 2.75) is 45.2 Å². The van der Waals surface area contributed by atoms with Crippen LogP contribution >= 0.6 is 11.3 Å². The largest absolute Gasteiger partial charge is 0.396 e. The predicted octanol–water partition coefficient (Wildman–Crippen LogP) is 4.46. The molecule has 178 valence electrons. The maximum absolute atomic E-state index is 12.2. The lowest BCUT2D eigenvalue weighted by atomic mass is 9.91. The quantitative estimate of drug-likeness (QED) is 0.245. The lowest BCUT2D eigenvalue weighted by molar-refractivity contribution is 0.250. The highest BCUT2D eigenvalue weighted by Crippen LogP contribution is 2.29. The minimum Gasteiger partial charge on any atom is -0.396 e. The van der Waals surface area contributed by atoms with Gasteiger partial charge in [0.25, 0.3) is 0 Å². The fourth-order valence-corrected chi connectivity index (χ4v) is 4.75. The fraction of sp³-hybridized carbons (Fsp3) is 0.458. The van der Waals surface area contributed by atoms with Gasteiger partial charge in [-0.3, -0.25) is 10.3 Å². The van der Waals surface area contributed by atoms with Crippen LogP contribution in [0, 0.1) is 11.8 Å². The van der Waals surface area contributed by atoms with Gasteiger partial charge in [0.05, 0.1) is 16.4 Å². The van der Waals surface area contributed by atoms with E-state index in [-0.39, 0.29) is 24.7 Å². The average Bonchev–Trinajstić information content (AvgIpc) is 3.19. The molecule has 33 heavy (non-hydrogen) atoms. The molecule has 1 aliphatic carbocycles. The van der Waals surface area contributed by atoms with E-state index in [9.17, 15) is 4.79 Å². The van der Waals surface area contributed by atoms with Gasteiger partial charge < -0.3 is 21.5 Å². The number of fused-ring (bicyclic) bond motifs is 1. The number of aliphatic imine (C=N–C) groups is 1. The molecule has 6 N–H and O–H groups in total. The van der Waals surface area contributed by atoms with Gasteiger partial charge in [0.2, 0.25) is 0 Å². The Morgan fingerprint density at radius 3 is 3.09 bits per heavy atom. The Bertz CT molecular complexity index is 1000. The Morgan fingerprint density at radius 1 is 1.45 bits per heavy atom. The molecule has 0 spiro atoms. The van der Waals surface area contributed by atoms with Gasteiger partial charge in [-0.25, -0.2) is 9.78 Å². The second-order valence-electron chi connectivity index (χ2n) is 8.31. The number of hydrogen-bond donors (Lipinski definition) is 5. The summed E-state index contributed by atoms with van der Waals surface area (Å²) in [6, 6.07) is 5.59. The van der Waals surface area contributed by atoms with Gasteiger partial charge >= 0.3 is 6.03 Å². The second-order valence-corrected chi connectivity index (χ2v) is 9.34. The zero-order valence-corrected chi connectivity index (χ0v) is 19.9. The van der Waals surface area contributed by atoms with E-state index in [0.717, 1.165) is 53.7 Å². The number of amides is 2. The molecule has 3 atom stereocenters. The first kappa shape index (κ1) is 24.9. The van der Waals surface area contributed by atoms with E-state index in [1.807, 2.05) is 18.2 Å². The van der Waals surface area contributed by atoms with Crippen molar-refractivity contribution in [3.8, 4) is 0 Å². The topological polar surface area (TPSA) is 125 Å². The third-order valence-corrected chi connectivity index (χ3v) is 6.59. The number of benzene rings is 1. The van der Waals surface area contributed by atoms with Crippen molar-refractivity contribution in [2.24, 2.45) is 22.6 Å². The van der Waals surface area contributed by atoms with Gasteiger partial charge in [-0.2, -0.15) is 0 Å². The number of hydrogen-bond acceptors (Lipinski definition) is 7. The zero-order chi connectivity index (χ0) is 23.6. The van der Waals surface area contributed by atoms with Crippen molar-refractivity contribution >= 4 is 44.1 Å². The minimum atomic E-state index is -0.311. The maximum atomic E-state index is 12.2. The Hall–Kier alpha value is -2.75. The lowest BCUT2D eigenvalue weighted by Gasteiger charge is -2.26. The third-order valence-electron chi connectivity index (χ3n) is 5.66. The molecule has 0 saturated carbocycles. The van der Waals surface area contributed by atoms with E-state index >= 15 is 0 Å². The number of anilines is 2. The highest BCUT2D eigenvalue weighted by molar-refractivity contribution is 7.22. The maximum Gasteiger partial charge on any atom is 0.321 e. The summed E-state index contributed by atoms with van der Waals surface area (Å²) in [4.78, 5) is 21.1. The number of aliphatic hydroxyl groups is 1. The summed E-state index contributed by atoms with van der Waals surface area (Å²) in [5.74, 6) is 0.474. The van der Waals surface area contributed by atoms with E-state index in [1.165, 1.54) is 11.3 Å². The van der Waals surface area contributed by atoms with Crippen LogP contribution in [0.2, 0.25) is 0 Å². The van der Waals surface area contributed by atoms with E-state index in [1.54, 1.807) is 6.20 Å². The molecule has 0 fully saturated rings. The number of aliphatic hydroxyl groups excluding tert-OH is 1. The monoisotopic (exact) mass is 470 g/mol. The fourth-order valence-electron chi connectivity index (χ4n) is 3.85. The molecule has 9 heteroatoms. The van der Waals surface area contributed by atoms with Crippen LogP contribution in [0.25, 0.3) is 10.2 Å². The molecular formula is C24H34N6O2S. The number of aromatic nitrogens is 1. The number of nitrogens with one attached hydrogen (secondary N) is 3. The number of nitrogens with zero attached hydrogens (tertiary/aromatic N) is 2. The van der Waals surface area contributed by atoms with Crippen LogP contribution in [0.15, 0.2) is 48.1 Å². The molecule has 0 bridgehead atoms. The van der Waals surface area contributed by atoms with Crippen molar-refractivity contribution in [1.29, 1.82) is 0 Å². The summed E-state index contributed by atoms with van der Waals surface area (Å²) in [6.07, 6.45) is 9.97. The molecule has 2 amide bonds. The van der Waals surface area contributed by atoms with Crippen molar-refractivity contribution < 1.29 is 9.90 Å². The summed E-state index contributed by atoms with van der Waals surface area (Å²) < 4.78 is 0.958. The average molecular weight is 471 g/mol. The summed E-state index contributed by atoms with van der Waals surface area (Å²) in [7, 11) is 0. The number of rotatable bonds is 11. The van der Waals surface area contributed by atoms with E-state index < -0.39 is 0 Å². The van der Waals surface area contributed by atoms with Gasteiger partial charge in [-0.05, 0) is 56.2 Å². The molecule has 8 nitrogen and oxygen atoms in total. The van der Waals surface area contributed by atoms with Crippen LogP contribution < -0.4 is 21.7 Å². The van der Waals surface area contributed by atoms with Crippen molar-refractivity contribution in [2.75, 3.05) is 23.8 Å². The van der Waals surface area contributed by atoms with Crippen LogP contribution in [0.1, 0.15) is 39.0 Å². The molecule has 0 aliphatic heterocycles. The van der Waals surface area contributed by atoms with Crippen LogP contribution in [-0.4, -0.2) is 41.2 Å². The van der Waals surface area contributed by atoms with Crippen molar-refractivity contribution in [3.05, 3.63) is 43.1 Å². The molecule has 1 heterocycles. The first-order valence-electron chi connectivity index (χ1n) is 11.4. The van der Waals surface area contributed by atoms with Gasteiger partial charge in [0.15, 0.2) is 5.13 Å². The van der Waals surface area contributed by atoms with E-state index in [2.05, 4.69) is 51.6 Å². The number of urea groups is 1. The van der Waals surface area contributed by atoms with Crippen LogP contribution in [0.4, 0.5) is 15.6 Å². The first-order valence-corrected chi connectivity index (χ1v) is 12.2. The zero-order valence-electron chi connectivity index (χ0n) is 19.1. The van der Waals surface area contributed by atoms with Crippen LogP contribution in [0.3, 0.4) is 0 Å². The summed E-state index contributed by atoms with van der Waals surface area (Å²) in [5, 5.41) is 18.5. The molecular weight excluding hydrogens is 436 g/mol. The predicted molar refractivity (Wildman–Crippen MR) is 138 cm³/mol. The van der Waals surface area contributed by atoms with Gasteiger partial charge in [-0.1, -0.05) is 37.0 Å². The molecule has 3 unspecified atom stereocenters. The molecule has 1 aromatic carbocycles. The Labute approximate surface area is 199 Å². The SMILES string of the molecule is C=CN=C1CCC=CC1C(N)Nc1ccc2nc(NC(=O)NCCC(C)CCCO)sc2c1. The number of carbonyl (C=O) groups excluding carboxylic acids is 1. The Balaban J connectivity index is 1.56. The summed E-state index contributed by atoms with van der Waals surface area (Å²) >= 11 is 1.42. The Kier molecular flexibility index (Phi) is 9.41. The second kappa shape index (κ2) is 12.5. The van der Waals surface area contributed by atoms with Gasteiger partial charge in [-0.15, -0.1) is 0 Å². The van der Waals surface area contributed by atoms with Crippen molar-refractivity contribution in [3.63, 3.8) is 0 Å². The number of carbonyl (C=O) groups is 1. The van der Waals surface area contributed by atoms with E-state index in [4.69, 9.17) is 10.8 Å². The molecule has 0 saturated heterocycles. The van der Waals surface area contributed by atoms with E-state index in [0.29, 0.717) is 17.6 Å². The van der Waals surface area contributed by atoms with Gasteiger partial charge in [0.1, 0.15) is 0 Å². The Morgan fingerprint density at radius 2 is 2.30 bits per heavy atom. The highest BCUT2D eigenvalue weighted by atomic mass is 32.1. The molecule has 1 aliphatic rings. The third kappa shape index (κ3) is 7.38. The minimum absolute atomic E-state index is 0.0150. The molecule has 2 aromatic rings. The smallest absolute Gasteiger partial charge is 0.321 e.